The largest absolute Gasteiger partial charge is 0.275 e. The molecule has 2 rings (SSSR count). The van der Waals surface area contributed by atoms with Gasteiger partial charge in [-0.25, -0.2) is 4.98 Å². The van der Waals surface area contributed by atoms with Gasteiger partial charge in [-0.15, -0.1) is 0 Å². The lowest BCUT2D eigenvalue weighted by molar-refractivity contribution is 0.714. The van der Waals surface area contributed by atoms with Crippen LogP contribution in [-0.4, -0.2) is 14.8 Å². The maximum absolute atomic E-state index is 4.95. The van der Waals surface area contributed by atoms with Crippen molar-refractivity contribution in [3.63, 3.8) is 0 Å². The fraction of sp³-hybridized carbons (Fsp3) is 0.200. The van der Waals surface area contributed by atoms with Crippen LogP contribution in [0.15, 0.2) is 30.3 Å². The highest BCUT2D eigenvalue weighted by Crippen LogP contribution is 2.05. The van der Waals surface area contributed by atoms with E-state index in [0.29, 0.717) is 4.77 Å². The van der Waals surface area contributed by atoms with Crippen LogP contribution in [-0.2, 0) is 13.5 Å². The van der Waals surface area contributed by atoms with Crippen LogP contribution >= 0.6 is 12.2 Å². The van der Waals surface area contributed by atoms with Crippen molar-refractivity contribution in [2.24, 2.45) is 7.05 Å². The van der Waals surface area contributed by atoms with Crippen molar-refractivity contribution in [1.29, 1.82) is 0 Å². The number of aryl methyl sites for hydroxylation is 1. The smallest absolute Gasteiger partial charge is 0.213 e. The average molecular weight is 205 g/mol. The molecule has 0 amide bonds. The summed E-state index contributed by atoms with van der Waals surface area (Å²) in [5, 5.41) is 2.95. The molecule has 72 valence electrons. The molecule has 0 saturated carbocycles. The zero-order valence-electron chi connectivity index (χ0n) is 7.90. The van der Waals surface area contributed by atoms with Crippen molar-refractivity contribution in [2.75, 3.05) is 0 Å². The van der Waals surface area contributed by atoms with E-state index in [1.165, 1.54) is 5.56 Å². The molecule has 0 unspecified atom stereocenters. The summed E-state index contributed by atoms with van der Waals surface area (Å²) in [5.41, 5.74) is 1.24. The normalized spacial score (nSPS) is 10.4. The first-order valence-electron chi connectivity index (χ1n) is 4.41. The van der Waals surface area contributed by atoms with Gasteiger partial charge in [-0.3, -0.25) is 9.78 Å². The number of aromatic nitrogens is 3. The number of aromatic amines is 1. The Morgan fingerprint density at radius 2 is 2.07 bits per heavy atom. The number of hydrogen-bond acceptors (Lipinski definition) is 2. The number of H-pyrrole nitrogens is 1. The molecule has 0 radical (unpaired) electrons. The van der Waals surface area contributed by atoms with Crippen molar-refractivity contribution >= 4 is 12.2 Å². The number of benzene rings is 1. The molecule has 1 N–H and O–H groups in total. The molecule has 1 aromatic carbocycles. The van der Waals surface area contributed by atoms with Crippen LogP contribution in [0.5, 0.6) is 0 Å². The number of nitrogens with zero attached hydrogens (tertiary/aromatic N) is 2. The summed E-state index contributed by atoms with van der Waals surface area (Å²) < 4.78 is 2.40. The van der Waals surface area contributed by atoms with Crippen molar-refractivity contribution in [1.82, 2.24) is 14.8 Å². The van der Waals surface area contributed by atoms with E-state index < -0.39 is 0 Å². The summed E-state index contributed by atoms with van der Waals surface area (Å²) >= 11 is 4.95. The topological polar surface area (TPSA) is 33.6 Å². The molecular formula is C10H11N3S. The van der Waals surface area contributed by atoms with Gasteiger partial charge < -0.3 is 0 Å². The summed E-state index contributed by atoms with van der Waals surface area (Å²) in [6.07, 6.45) is 0.810. The van der Waals surface area contributed by atoms with Crippen molar-refractivity contribution in [2.45, 2.75) is 6.42 Å². The highest BCUT2D eigenvalue weighted by atomic mass is 32.1. The minimum absolute atomic E-state index is 0.540. The Hall–Kier alpha value is -1.42. The second kappa shape index (κ2) is 3.75. The van der Waals surface area contributed by atoms with Gasteiger partial charge in [-0.2, -0.15) is 0 Å². The zero-order valence-corrected chi connectivity index (χ0v) is 8.71. The lowest BCUT2D eigenvalue weighted by atomic mass is 10.1. The first-order chi connectivity index (χ1) is 6.75. The summed E-state index contributed by atoms with van der Waals surface area (Å²) in [6, 6.07) is 10.2. The molecule has 2 aromatic rings. The van der Waals surface area contributed by atoms with Gasteiger partial charge in [0.15, 0.2) is 0 Å². The molecule has 14 heavy (non-hydrogen) atoms. The van der Waals surface area contributed by atoms with E-state index in [1.54, 1.807) is 0 Å². The molecule has 1 heterocycles. The van der Waals surface area contributed by atoms with Crippen LogP contribution in [0.2, 0.25) is 0 Å². The third kappa shape index (κ3) is 1.90. The molecule has 0 saturated heterocycles. The first kappa shape index (κ1) is 9.15. The average Bonchev–Trinajstić information content (AvgIpc) is 2.47. The highest BCUT2D eigenvalue weighted by Gasteiger charge is 2.01. The molecular weight excluding hydrogens is 194 g/mol. The lowest BCUT2D eigenvalue weighted by Gasteiger charge is -2.00. The van der Waals surface area contributed by atoms with Crippen molar-refractivity contribution in [3.8, 4) is 0 Å². The van der Waals surface area contributed by atoms with Crippen molar-refractivity contribution < 1.29 is 0 Å². The second-order valence-electron chi connectivity index (χ2n) is 3.17. The van der Waals surface area contributed by atoms with E-state index in [9.17, 15) is 0 Å². The third-order valence-corrected chi connectivity index (χ3v) is 2.27. The second-order valence-corrected chi connectivity index (χ2v) is 3.55. The molecule has 0 bridgehead atoms. The minimum Gasteiger partial charge on any atom is -0.275 e. The van der Waals surface area contributed by atoms with Gasteiger partial charge in [0, 0.05) is 13.5 Å². The molecule has 0 spiro atoms. The van der Waals surface area contributed by atoms with E-state index in [2.05, 4.69) is 22.2 Å². The quantitative estimate of drug-likeness (QED) is 0.761. The molecule has 1 aromatic heterocycles. The molecule has 0 fully saturated rings. The van der Waals surface area contributed by atoms with Crippen LogP contribution < -0.4 is 0 Å². The van der Waals surface area contributed by atoms with Gasteiger partial charge in [0.05, 0.1) is 0 Å². The minimum atomic E-state index is 0.540. The molecule has 0 atom stereocenters. The Labute approximate surface area is 87.4 Å². The van der Waals surface area contributed by atoms with Crippen LogP contribution in [0.4, 0.5) is 0 Å². The van der Waals surface area contributed by atoms with Gasteiger partial charge in [0.2, 0.25) is 4.77 Å². The SMILES string of the molecule is Cn1[nH]c(=S)nc1Cc1ccccc1. The lowest BCUT2D eigenvalue weighted by Crippen LogP contribution is -2.00. The Kier molecular flexibility index (Phi) is 2.45. The van der Waals surface area contributed by atoms with Gasteiger partial charge in [-0.1, -0.05) is 30.3 Å². The Morgan fingerprint density at radius 3 is 2.64 bits per heavy atom. The zero-order chi connectivity index (χ0) is 9.97. The summed E-state index contributed by atoms with van der Waals surface area (Å²) in [4.78, 5) is 4.23. The molecule has 0 aliphatic heterocycles. The van der Waals surface area contributed by atoms with E-state index in [-0.39, 0.29) is 0 Å². The van der Waals surface area contributed by atoms with Crippen molar-refractivity contribution in [3.05, 3.63) is 46.5 Å². The maximum atomic E-state index is 4.95. The van der Waals surface area contributed by atoms with E-state index in [0.717, 1.165) is 12.2 Å². The highest BCUT2D eigenvalue weighted by molar-refractivity contribution is 7.71. The van der Waals surface area contributed by atoms with E-state index in [4.69, 9.17) is 12.2 Å². The molecule has 4 heteroatoms. The third-order valence-electron chi connectivity index (χ3n) is 2.09. The van der Waals surface area contributed by atoms with Crippen LogP contribution in [0.25, 0.3) is 0 Å². The summed E-state index contributed by atoms with van der Waals surface area (Å²) in [7, 11) is 1.92. The first-order valence-corrected chi connectivity index (χ1v) is 4.82. The Balaban J connectivity index is 2.27. The molecule has 3 nitrogen and oxygen atoms in total. The summed E-state index contributed by atoms with van der Waals surface area (Å²) in [6.45, 7) is 0. The summed E-state index contributed by atoms with van der Waals surface area (Å²) in [5.74, 6) is 0.959. The van der Waals surface area contributed by atoms with Crippen LogP contribution in [0.1, 0.15) is 11.4 Å². The fourth-order valence-corrected chi connectivity index (χ4v) is 1.60. The Morgan fingerprint density at radius 1 is 1.36 bits per heavy atom. The van der Waals surface area contributed by atoms with E-state index >= 15 is 0 Å². The number of rotatable bonds is 2. The van der Waals surface area contributed by atoms with Crippen LogP contribution in [0.3, 0.4) is 0 Å². The number of hydrogen-bond donors (Lipinski definition) is 1. The predicted octanol–water partition coefficient (Wildman–Crippen LogP) is 2.07. The predicted molar refractivity (Wildman–Crippen MR) is 57.6 cm³/mol. The van der Waals surface area contributed by atoms with Crippen LogP contribution in [0, 0.1) is 4.77 Å². The molecule has 0 aliphatic rings. The monoisotopic (exact) mass is 205 g/mol. The fourth-order valence-electron chi connectivity index (χ4n) is 1.36. The maximum Gasteiger partial charge on any atom is 0.213 e. The molecule has 0 aliphatic carbocycles. The van der Waals surface area contributed by atoms with E-state index in [1.807, 2.05) is 29.9 Å². The van der Waals surface area contributed by atoms with Gasteiger partial charge in [-0.05, 0) is 17.8 Å². The Bertz CT molecular complexity index is 470. The van der Waals surface area contributed by atoms with Gasteiger partial charge in [0.1, 0.15) is 5.82 Å². The number of nitrogens with one attached hydrogen (secondary N) is 1. The van der Waals surface area contributed by atoms with Gasteiger partial charge >= 0.3 is 0 Å². The van der Waals surface area contributed by atoms with Gasteiger partial charge in [0.25, 0.3) is 0 Å². The standard InChI is InChI=1S/C10H11N3S/c1-13-9(11-10(14)12-13)7-8-5-3-2-4-6-8/h2-6H,7H2,1H3,(H,12,14).